The Labute approximate surface area is 168 Å². The summed E-state index contributed by atoms with van der Waals surface area (Å²) in [5, 5.41) is 35.1. The molecule has 0 saturated heterocycles. The predicted molar refractivity (Wildman–Crippen MR) is 103 cm³/mol. The number of carbonyl (C=O) groups is 4. The molecule has 162 valence electrons. The van der Waals surface area contributed by atoms with E-state index in [1.54, 1.807) is 13.8 Å². The molecule has 0 aromatic carbocycles. The number of amides is 3. The average molecular weight is 423 g/mol. The summed E-state index contributed by atoms with van der Waals surface area (Å²) >= 11 is 3.98. The van der Waals surface area contributed by atoms with Crippen molar-refractivity contribution in [1.82, 2.24) is 16.0 Å². The number of aliphatic hydroxyl groups excluding tert-OH is 2. The van der Waals surface area contributed by atoms with Gasteiger partial charge in [0.15, 0.2) is 0 Å². The van der Waals surface area contributed by atoms with Crippen LogP contribution in [0.15, 0.2) is 0 Å². The third kappa shape index (κ3) is 8.00. The van der Waals surface area contributed by atoms with Crippen molar-refractivity contribution in [3.05, 3.63) is 0 Å². The van der Waals surface area contributed by atoms with Crippen LogP contribution in [0.4, 0.5) is 0 Å². The van der Waals surface area contributed by atoms with Crippen molar-refractivity contribution in [3.8, 4) is 0 Å². The molecular weight excluding hydrogens is 392 g/mol. The zero-order chi connectivity index (χ0) is 22.2. The molecule has 0 aromatic heterocycles. The standard InChI is InChI=1S/C16H30N4O7S/c1-6(2)11(16(26)27)19-13(23)9(5-28)18-15(25)12(8(4)22)20-14(24)10(17)7(3)21/h6-12,21-22,28H,5,17H2,1-4H3,(H,18,25)(H,19,23)(H,20,24)(H,26,27). The molecule has 3 amide bonds. The molecule has 0 rings (SSSR count). The number of nitrogens with one attached hydrogen (secondary N) is 3. The Morgan fingerprint density at radius 3 is 1.71 bits per heavy atom. The zero-order valence-electron chi connectivity index (χ0n) is 16.2. The number of hydrogen-bond acceptors (Lipinski definition) is 8. The molecular formula is C16H30N4O7S. The van der Waals surface area contributed by atoms with E-state index in [9.17, 15) is 29.4 Å². The van der Waals surface area contributed by atoms with Gasteiger partial charge in [-0.25, -0.2) is 4.79 Å². The number of nitrogens with two attached hydrogens (primary N) is 1. The number of carboxylic acids is 1. The van der Waals surface area contributed by atoms with E-state index in [4.69, 9.17) is 10.8 Å². The zero-order valence-corrected chi connectivity index (χ0v) is 17.1. The molecule has 12 heteroatoms. The van der Waals surface area contributed by atoms with Gasteiger partial charge in [0.2, 0.25) is 17.7 Å². The van der Waals surface area contributed by atoms with Crippen molar-refractivity contribution < 1.29 is 34.5 Å². The maximum absolute atomic E-state index is 12.4. The number of aliphatic carboxylic acids is 1. The quantitative estimate of drug-likeness (QED) is 0.164. The van der Waals surface area contributed by atoms with E-state index in [0.29, 0.717) is 0 Å². The van der Waals surface area contributed by atoms with E-state index in [-0.39, 0.29) is 5.75 Å². The van der Waals surface area contributed by atoms with Crippen LogP contribution in [0.5, 0.6) is 0 Å². The van der Waals surface area contributed by atoms with Crippen LogP contribution < -0.4 is 21.7 Å². The van der Waals surface area contributed by atoms with Crippen LogP contribution in [0.25, 0.3) is 0 Å². The predicted octanol–water partition coefficient (Wildman–Crippen LogP) is -2.80. The van der Waals surface area contributed by atoms with Crippen molar-refractivity contribution in [2.75, 3.05) is 5.75 Å². The van der Waals surface area contributed by atoms with E-state index >= 15 is 0 Å². The SMILES string of the molecule is CC(C)C(NC(=O)C(CS)NC(=O)C(NC(=O)C(N)C(C)O)C(C)O)C(=O)O. The van der Waals surface area contributed by atoms with Gasteiger partial charge in [0.05, 0.1) is 12.2 Å². The topological polar surface area (TPSA) is 191 Å². The maximum Gasteiger partial charge on any atom is 0.326 e. The molecule has 6 atom stereocenters. The van der Waals surface area contributed by atoms with Crippen molar-refractivity contribution in [3.63, 3.8) is 0 Å². The molecule has 0 aromatic rings. The Morgan fingerprint density at radius 1 is 0.857 bits per heavy atom. The smallest absolute Gasteiger partial charge is 0.326 e. The summed E-state index contributed by atoms with van der Waals surface area (Å²) in [7, 11) is 0. The van der Waals surface area contributed by atoms with Crippen LogP contribution in [0.2, 0.25) is 0 Å². The fourth-order valence-electron chi connectivity index (χ4n) is 2.10. The van der Waals surface area contributed by atoms with E-state index in [2.05, 4.69) is 28.6 Å². The monoisotopic (exact) mass is 422 g/mol. The first-order valence-electron chi connectivity index (χ1n) is 8.69. The Bertz CT molecular complexity index is 571. The molecule has 0 saturated carbocycles. The van der Waals surface area contributed by atoms with Gasteiger partial charge in [-0.3, -0.25) is 14.4 Å². The number of carboxylic acid groups (broad SMARTS) is 1. The van der Waals surface area contributed by atoms with Crippen molar-refractivity contribution in [2.45, 2.75) is 64.1 Å². The van der Waals surface area contributed by atoms with Gasteiger partial charge in [0.1, 0.15) is 24.2 Å². The highest BCUT2D eigenvalue weighted by atomic mass is 32.1. The average Bonchev–Trinajstić information content (AvgIpc) is 2.59. The van der Waals surface area contributed by atoms with E-state index < -0.39 is 66.0 Å². The lowest BCUT2D eigenvalue weighted by molar-refractivity contribution is -0.143. The molecule has 0 fully saturated rings. The molecule has 0 aliphatic carbocycles. The summed E-state index contributed by atoms with van der Waals surface area (Å²) in [6, 6.07) is -5.14. The van der Waals surface area contributed by atoms with E-state index in [1.807, 2.05) is 0 Å². The van der Waals surface area contributed by atoms with E-state index in [1.165, 1.54) is 13.8 Å². The van der Waals surface area contributed by atoms with Crippen molar-refractivity contribution in [2.24, 2.45) is 11.7 Å². The highest BCUT2D eigenvalue weighted by molar-refractivity contribution is 7.80. The summed E-state index contributed by atoms with van der Waals surface area (Å²) < 4.78 is 0. The molecule has 0 spiro atoms. The summed E-state index contributed by atoms with van der Waals surface area (Å²) in [4.78, 5) is 47.9. The molecule has 0 aliphatic heterocycles. The van der Waals surface area contributed by atoms with Crippen LogP contribution in [-0.4, -0.2) is 81.1 Å². The number of rotatable bonds is 11. The van der Waals surface area contributed by atoms with Crippen LogP contribution >= 0.6 is 12.6 Å². The van der Waals surface area contributed by atoms with Gasteiger partial charge in [-0.15, -0.1) is 0 Å². The van der Waals surface area contributed by atoms with Gasteiger partial charge >= 0.3 is 5.97 Å². The van der Waals surface area contributed by atoms with Crippen LogP contribution in [0.1, 0.15) is 27.7 Å². The van der Waals surface area contributed by atoms with Crippen molar-refractivity contribution >= 4 is 36.3 Å². The Kier molecular flexibility index (Phi) is 11.0. The number of aliphatic hydroxyl groups is 2. The van der Waals surface area contributed by atoms with Crippen LogP contribution in [0, 0.1) is 5.92 Å². The second-order valence-corrected chi connectivity index (χ2v) is 7.17. The maximum atomic E-state index is 12.4. The number of hydrogen-bond donors (Lipinski definition) is 8. The lowest BCUT2D eigenvalue weighted by atomic mass is 10.0. The molecule has 6 unspecified atom stereocenters. The lowest BCUT2D eigenvalue weighted by Gasteiger charge is -2.26. The fourth-order valence-corrected chi connectivity index (χ4v) is 2.35. The van der Waals surface area contributed by atoms with Gasteiger partial charge in [-0.05, 0) is 19.8 Å². The van der Waals surface area contributed by atoms with Gasteiger partial charge in [-0.2, -0.15) is 12.6 Å². The first kappa shape index (κ1) is 26.1. The fraction of sp³-hybridized carbons (Fsp3) is 0.750. The summed E-state index contributed by atoms with van der Waals surface area (Å²) in [6.45, 7) is 5.75. The van der Waals surface area contributed by atoms with Crippen molar-refractivity contribution in [1.29, 1.82) is 0 Å². The summed E-state index contributed by atoms with van der Waals surface area (Å²) in [5.74, 6) is -4.32. The van der Waals surface area contributed by atoms with Crippen LogP contribution in [0.3, 0.4) is 0 Å². The van der Waals surface area contributed by atoms with Gasteiger partial charge < -0.3 is 37.0 Å². The first-order valence-corrected chi connectivity index (χ1v) is 9.33. The molecule has 0 heterocycles. The Morgan fingerprint density at radius 2 is 1.36 bits per heavy atom. The minimum absolute atomic E-state index is 0.157. The third-order valence-corrected chi connectivity index (χ3v) is 4.30. The van der Waals surface area contributed by atoms with Gasteiger partial charge in [0.25, 0.3) is 0 Å². The normalized spacial score (nSPS) is 17.6. The summed E-state index contributed by atoms with van der Waals surface area (Å²) in [5.41, 5.74) is 5.49. The minimum Gasteiger partial charge on any atom is -0.480 e. The Hall–Kier alpha value is -1.89. The second-order valence-electron chi connectivity index (χ2n) is 6.81. The van der Waals surface area contributed by atoms with Gasteiger partial charge in [0, 0.05) is 5.75 Å². The van der Waals surface area contributed by atoms with Gasteiger partial charge in [-0.1, -0.05) is 13.8 Å². The molecule has 8 N–H and O–H groups in total. The molecule has 0 aliphatic rings. The minimum atomic E-state index is -1.45. The highest BCUT2D eigenvalue weighted by Gasteiger charge is 2.33. The molecule has 0 radical (unpaired) electrons. The third-order valence-electron chi connectivity index (χ3n) is 3.93. The number of carbonyl (C=O) groups excluding carboxylic acids is 3. The first-order chi connectivity index (χ1) is 12.8. The molecule has 28 heavy (non-hydrogen) atoms. The number of thiol groups is 1. The van der Waals surface area contributed by atoms with Crippen LogP contribution in [-0.2, 0) is 19.2 Å². The molecule has 0 bridgehead atoms. The Balaban J connectivity index is 5.18. The summed E-state index contributed by atoms with van der Waals surface area (Å²) in [6.07, 6.45) is -2.52. The second kappa shape index (κ2) is 11.8. The van der Waals surface area contributed by atoms with E-state index in [0.717, 1.165) is 0 Å². The largest absolute Gasteiger partial charge is 0.480 e. The highest BCUT2D eigenvalue weighted by Crippen LogP contribution is 2.04. The lowest BCUT2D eigenvalue weighted by Crippen LogP contribution is -2.61. The molecule has 11 nitrogen and oxygen atoms in total.